The first-order valence-electron chi connectivity index (χ1n) is 4.53. The van der Waals surface area contributed by atoms with Crippen molar-refractivity contribution in [1.29, 1.82) is 0 Å². The summed E-state index contributed by atoms with van der Waals surface area (Å²) in [6.45, 7) is 0. The number of halogens is 2. The van der Waals surface area contributed by atoms with Crippen molar-refractivity contribution in [2.75, 3.05) is 5.73 Å². The third-order valence-corrected chi connectivity index (χ3v) is 2.48. The van der Waals surface area contributed by atoms with Crippen LogP contribution in [0, 0.1) is 5.82 Å². The largest absolute Gasteiger partial charge is 0.477 e. The summed E-state index contributed by atoms with van der Waals surface area (Å²) in [5.74, 6) is -1.75. The molecule has 0 saturated heterocycles. The molecule has 0 amide bonds. The van der Waals surface area contributed by atoms with Crippen LogP contribution >= 0.6 is 11.6 Å². The van der Waals surface area contributed by atoms with Gasteiger partial charge in [0, 0.05) is 0 Å². The lowest BCUT2D eigenvalue weighted by Crippen LogP contribution is -2.06. The van der Waals surface area contributed by atoms with Crippen LogP contribution in [0.5, 0.6) is 0 Å². The van der Waals surface area contributed by atoms with E-state index in [1.54, 1.807) is 0 Å². The molecule has 3 N–H and O–H groups in total. The Morgan fingerprint density at radius 1 is 1.53 bits per heavy atom. The highest BCUT2D eigenvalue weighted by molar-refractivity contribution is 6.32. The lowest BCUT2D eigenvalue weighted by Gasteiger charge is -2.06. The Morgan fingerprint density at radius 3 is 2.76 bits per heavy atom. The molecule has 2 aromatic rings. The second kappa shape index (κ2) is 4.06. The van der Waals surface area contributed by atoms with E-state index in [0.29, 0.717) is 5.69 Å². The Hall–Kier alpha value is -2.08. The number of aromatic nitrogens is 2. The lowest BCUT2D eigenvalue weighted by atomic mass is 10.3. The monoisotopic (exact) mass is 255 g/mol. The van der Waals surface area contributed by atoms with Gasteiger partial charge in [-0.15, -0.1) is 0 Å². The number of rotatable bonds is 2. The fraction of sp³-hybridized carbons (Fsp3) is 0. The third kappa shape index (κ3) is 1.94. The molecule has 0 aliphatic rings. The predicted molar refractivity (Wildman–Crippen MR) is 59.9 cm³/mol. The van der Waals surface area contributed by atoms with Crippen molar-refractivity contribution >= 4 is 23.4 Å². The van der Waals surface area contributed by atoms with Gasteiger partial charge in [0.1, 0.15) is 17.2 Å². The number of aromatic carboxylic acids is 1. The van der Waals surface area contributed by atoms with Gasteiger partial charge in [-0.05, 0) is 18.2 Å². The van der Waals surface area contributed by atoms with Gasteiger partial charge in [-0.3, -0.25) is 0 Å². The molecule has 0 radical (unpaired) electrons. The highest BCUT2D eigenvalue weighted by atomic mass is 35.5. The number of carboxylic acids is 1. The van der Waals surface area contributed by atoms with Gasteiger partial charge in [0.05, 0.1) is 16.9 Å². The molecule has 17 heavy (non-hydrogen) atoms. The zero-order valence-electron chi connectivity index (χ0n) is 8.39. The summed E-state index contributed by atoms with van der Waals surface area (Å²) < 4.78 is 14.0. The normalized spacial score (nSPS) is 10.5. The molecule has 2 rings (SSSR count). The highest BCUT2D eigenvalue weighted by Crippen LogP contribution is 2.24. The first-order valence-corrected chi connectivity index (χ1v) is 4.90. The van der Waals surface area contributed by atoms with Crippen molar-refractivity contribution in [3.05, 3.63) is 40.8 Å². The topological polar surface area (TPSA) is 81.1 Å². The van der Waals surface area contributed by atoms with Crippen LogP contribution in [0.4, 0.5) is 10.2 Å². The van der Waals surface area contributed by atoms with Gasteiger partial charge in [-0.2, -0.15) is 5.10 Å². The van der Waals surface area contributed by atoms with Crippen LogP contribution in [0.2, 0.25) is 5.02 Å². The highest BCUT2D eigenvalue weighted by Gasteiger charge is 2.16. The number of nitrogens with zero attached hydrogens (tertiary/aromatic N) is 2. The number of nitrogen functional groups attached to an aromatic ring is 1. The Labute approximate surface area is 100 Å². The van der Waals surface area contributed by atoms with Crippen LogP contribution < -0.4 is 5.73 Å². The molecular formula is C10H7ClFN3O2. The van der Waals surface area contributed by atoms with Crippen molar-refractivity contribution in [2.45, 2.75) is 0 Å². The maximum absolute atomic E-state index is 12.9. The minimum Gasteiger partial charge on any atom is -0.477 e. The average molecular weight is 256 g/mol. The van der Waals surface area contributed by atoms with Crippen LogP contribution in [0.15, 0.2) is 24.4 Å². The zero-order chi connectivity index (χ0) is 12.6. The fourth-order valence-corrected chi connectivity index (χ4v) is 1.61. The van der Waals surface area contributed by atoms with Gasteiger partial charge in [0.15, 0.2) is 0 Å². The van der Waals surface area contributed by atoms with Crippen LogP contribution in [0.3, 0.4) is 0 Å². The van der Waals surface area contributed by atoms with Gasteiger partial charge in [0.25, 0.3) is 0 Å². The van der Waals surface area contributed by atoms with E-state index in [-0.39, 0.29) is 16.4 Å². The molecule has 1 aromatic carbocycles. The molecule has 5 nitrogen and oxygen atoms in total. The second-order valence-corrected chi connectivity index (χ2v) is 3.66. The van der Waals surface area contributed by atoms with E-state index in [1.807, 2.05) is 0 Å². The minimum atomic E-state index is -1.19. The standard InChI is InChI=1S/C10H7ClFN3O2/c11-7-3-5(12)1-2-8(7)15-9(13)6(4-14-15)10(16)17/h1-4H,13H2,(H,16,17). The molecule has 0 fully saturated rings. The predicted octanol–water partition coefficient (Wildman–Crippen LogP) is 1.95. The number of carbonyl (C=O) groups is 1. The minimum absolute atomic E-state index is 0.0639. The van der Waals surface area contributed by atoms with Gasteiger partial charge in [-0.25, -0.2) is 13.9 Å². The summed E-state index contributed by atoms with van der Waals surface area (Å²) in [6, 6.07) is 3.65. The van der Waals surface area contributed by atoms with E-state index in [9.17, 15) is 9.18 Å². The Balaban J connectivity index is 2.57. The molecule has 7 heteroatoms. The molecule has 1 heterocycles. The second-order valence-electron chi connectivity index (χ2n) is 3.26. The summed E-state index contributed by atoms with van der Waals surface area (Å²) in [6.07, 6.45) is 1.11. The zero-order valence-corrected chi connectivity index (χ0v) is 9.15. The Bertz CT molecular complexity index is 597. The molecule has 1 aromatic heterocycles. The molecule has 0 bridgehead atoms. The van der Waals surface area contributed by atoms with E-state index < -0.39 is 11.8 Å². The summed E-state index contributed by atoms with van der Waals surface area (Å²) in [5, 5.41) is 12.7. The number of hydrogen-bond acceptors (Lipinski definition) is 3. The molecule has 0 spiro atoms. The first kappa shape index (κ1) is 11.4. The van der Waals surface area contributed by atoms with Crippen molar-refractivity contribution in [3.63, 3.8) is 0 Å². The van der Waals surface area contributed by atoms with Gasteiger partial charge >= 0.3 is 5.97 Å². The molecule has 0 unspecified atom stereocenters. The van der Waals surface area contributed by atoms with E-state index in [1.165, 1.54) is 12.1 Å². The summed E-state index contributed by atoms with van der Waals surface area (Å²) in [4.78, 5) is 10.8. The Kier molecular flexibility index (Phi) is 2.72. The molecular weight excluding hydrogens is 249 g/mol. The fourth-order valence-electron chi connectivity index (χ4n) is 1.37. The molecule has 88 valence electrons. The lowest BCUT2D eigenvalue weighted by molar-refractivity contribution is 0.0698. The van der Waals surface area contributed by atoms with Gasteiger partial charge in [0.2, 0.25) is 0 Å². The van der Waals surface area contributed by atoms with Crippen LogP contribution in [0.25, 0.3) is 5.69 Å². The quantitative estimate of drug-likeness (QED) is 0.859. The van der Waals surface area contributed by atoms with Gasteiger partial charge < -0.3 is 10.8 Å². The summed E-state index contributed by atoms with van der Waals surface area (Å²) in [7, 11) is 0. The van der Waals surface area contributed by atoms with E-state index >= 15 is 0 Å². The average Bonchev–Trinajstić information content (AvgIpc) is 2.60. The molecule has 0 saturated carbocycles. The number of hydrogen-bond donors (Lipinski definition) is 2. The number of carboxylic acid groups (broad SMARTS) is 1. The third-order valence-electron chi connectivity index (χ3n) is 2.17. The number of benzene rings is 1. The maximum atomic E-state index is 12.9. The first-order chi connectivity index (χ1) is 8.00. The van der Waals surface area contributed by atoms with Crippen molar-refractivity contribution < 1.29 is 14.3 Å². The number of anilines is 1. The van der Waals surface area contributed by atoms with Crippen molar-refractivity contribution in [1.82, 2.24) is 9.78 Å². The smallest absolute Gasteiger partial charge is 0.341 e. The summed E-state index contributed by atoms with van der Waals surface area (Å²) >= 11 is 5.82. The van der Waals surface area contributed by atoms with E-state index in [0.717, 1.165) is 16.9 Å². The van der Waals surface area contributed by atoms with Gasteiger partial charge in [-0.1, -0.05) is 11.6 Å². The van der Waals surface area contributed by atoms with E-state index in [2.05, 4.69) is 5.10 Å². The maximum Gasteiger partial charge on any atom is 0.341 e. The van der Waals surface area contributed by atoms with E-state index in [4.69, 9.17) is 22.4 Å². The Morgan fingerprint density at radius 2 is 2.24 bits per heavy atom. The molecule has 0 aliphatic carbocycles. The van der Waals surface area contributed by atoms with Crippen molar-refractivity contribution in [2.24, 2.45) is 0 Å². The molecule has 0 atom stereocenters. The summed E-state index contributed by atoms with van der Waals surface area (Å²) in [5.41, 5.74) is 5.79. The SMILES string of the molecule is Nc1c(C(=O)O)cnn1-c1ccc(F)cc1Cl. The van der Waals surface area contributed by atoms with Crippen LogP contribution in [0.1, 0.15) is 10.4 Å². The van der Waals surface area contributed by atoms with Crippen molar-refractivity contribution in [3.8, 4) is 5.69 Å². The van der Waals surface area contributed by atoms with Crippen LogP contribution in [-0.2, 0) is 0 Å². The molecule has 0 aliphatic heterocycles. The number of nitrogens with two attached hydrogens (primary N) is 1. The van der Waals surface area contributed by atoms with Crippen LogP contribution in [-0.4, -0.2) is 20.9 Å².